The summed E-state index contributed by atoms with van der Waals surface area (Å²) < 4.78 is 42.6. The molecule has 1 aliphatic rings. The molecule has 0 saturated carbocycles. The maximum atomic E-state index is 12.7. The molecule has 0 amide bonds. The van der Waals surface area contributed by atoms with Gasteiger partial charge >= 0.3 is 6.18 Å². The van der Waals surface area contributed by atoms with E-state index in [4.69, 9.17) is 0 Å². The van der Waals surface area contributed by atoms with Crippen molar-refractivity contribution in [3.8, 4) is 0 Å². The van der Waals surface area contributed by atoms with Gasteiger partial charge in [-0.1, -0.05) is 13.0 Å². The van der Waals surface area contributed by atoms with Crippen LogP contribution in [0.15, 0.2) is 12.1 Å². The predicted molar refractivity (Wildman–Crippen MR) is 78.3 cm³/mol. The summed E-state index contributed by atoms with van der Waals surface area (Å²) in [5.41, 5.74) is 1.37. The van der Waals surface area contributed by atoms with Gasteiger partial charge in [-0.05, 0) is 49.9 Å². The second-order valence-electron chi connectivity index (χ2n) is 6.06. The van der Waals surface area contributed by atoms with Gasteiger partial charge in [0.25, 0.3) is 6.47 Å². The van der Waals surface area contributed by atoms with Crippen molar-refractivity contribution in [1.82, 2.24) is 5.32 Å². The molecule has 0 atom stereocenters. The van der Waals surface area contributed by atoms with Crippen LogP contribution in [-0.2, 0) is 35.2 Å². The van der Waals surface area contributed by atoms with Crippen LogP contribution in [0, 0.1) is 0 Å². The van der Waals surface area contributed by atoms with Crippen molar-refractivity contribution in [3.63, 3.8) is 0 Å². The Morgan fingerprint density at radius 2 is 1.73 bits per heavy atom. The highest BCUT2D eigenvalue weighted by atomic mass is 19.4. The molecule has 2 rings (SSSR count). The summed E-state index contributed by atoms with van der Waals surface area (Å²) in [4.78, 5) is 9.60. The van der Waals surface area contributed by atoms with Gasteiger partial charge in [-0.15, -0.1) is 0 Å². The summed E-state index contributed by atoms with van der Waals surface area (Å²) in [6.07, 6.45) is -3.81. The monoisotopic (exact) mass is 317 g/mol. The van der Waals surface area contributed by atoms with Crippen molar-refractivity contribution in [1.29, 1.82) is 0 Å². The van der Waals surface area contributed by atoms with E-state index in [0.29, 0.717) is 31.5 Å². The Morgan fingerprint density at radius 1 is 1.18 bits per heavy atom. The number of hydrogen-bond acceptors (Lipinski definition) is 3. The molecule has 124 valence electrons. The number of halogens is 3. The van der Waals surface area contributed by atoms with Gasteiger partial charge in [0.05, 0.1) is 5.56 Å². The third kappa shape index (κ3) is 5.33. The van der Waals surface area contributed by atoms with Gasteiger partial charge in [0.2, 0.25) is 0 Å². The SMILES string of the molecule is CC(C)(C)OC=O.CCc1cc2c(cc1C(F)(F)F)CNC2. The Kier molecular flexibility index (Phi) is 6.00. The van der Waals surface area contributed by atoms with Crippen LogP contribution in [0.3, 0.4) is 0 Å². The number of hydrogen-bond donors (Lipinski definition) is 1. The second-order valence-corrected chi connectivity index (χ2v) is 6.06. The number of nitrogens with one attached hydrogen (secondary N) is 1. The summed E-state index contributed by atoms with van der Waals surface area (Å²) >= 11 is 0. The standard InChI is InChI=1S/C11H12F3N.C5H10O2/c1-2-7-3-8-5-15-6-9(8)4-10(7)11(12,13)14;1-5(2,3)7-4-6/h3-4,15H,2,5-6H2,1H3;4H,1-3H3. The van der Waals surface area contributed by atoms with E-state index in [0.717, 1.165) is 11.1 Å². The number of rotatable bonds is 2. The van der Waals surface area contributed by atoms with Gasteiger partial charge in [0.1, 0.15) is 5.60 Å². The summed E-state index contributed by atoms with van der Waals surface area (Å²) in [7, 11) is 0. The lowest BCUT2D eigenvalue weighted by Gasteiger charge is -2.14. The third-order valence-corrected chi connectivity index (χ3v) is 3.14. The lowest BCUT2D eigenvalue weighted by Crippen LogP contribution is -2.17. The molecule has 0 bridgehead atoms. The Bertz CT molecular complexity index is 519. The molecule has 1 aliphatic heterocycles. The molecular weight excluding hydrogens is 295 g/mol. The van der Waals surface area contributed by atoms with E-state index in [2.05, 4.69) is 10.1 Å². The van der Waals surface area contributed by atoms with Crippen LogP contribution in [0.2, 0.25) is 0 Å². The molecule has 0 aromatic heterocycles. The lowest BCUT2D eigenvalue weighted by molar-refractivity contribution is -0.139. The number of aryl methyl sites for hydroxylation is 1. The van der Waals surface area contributed by atoms with Crippen LogP contribution in [0.1, 0.15) is 49.9 Å². The first kappa shape index (κ1) is 18.5. The molecule has 0 aliphatic carbocycles. The van der Waals surface area contributed by atoms with Crippen molar-refractivity contribution in [3.05, 3.63) is 34.4 Å². The molecular formula is C16H22F3NO2. The minimum atomic E-state index is -4.23. The van der Waals surface area contributed by atoms with Crippen LogP contribution < -0.4 is 5.32 Å². The molecule has 0 saturated heterocycles. The minimum absolute atomic E-state index is 0.318. The molecule has 1 heterocycles. The molecule has 1 aromatic carbocycles. The normalized spacial score (nSPS) is 14.0. The second kappa shape index (κ2) is 7.13. The zero-order valence-electron chi connectivity index (χ0n) is 13.3. The summed E-state index contributed by atoms with van der Waals surface area (Å²) in [5.74, 6) is 0. The summed E-state index contributed by atoms with van der Waals surface area (Å²) in [6.45, 7) is 8.90. The van der Waals surface area contributed by atoms with Crippen LogP contribution in [0.4, 0.5) is 13.2 Å². The number of carbonyl (C=O) groups excluding carboxylic acids is 1. The van der Waals surface area contributed by atoms with Gasteiger partial charge in [0.15, 0.2) is 0 Å². The molecule has 22 heavy (non-hydrogen) atoms. The van der Waals surface area contributed by atoms with Gasteiger partial charge < -0.3 is 10.1 Å². The van der Waals surface area contributed by atoms with E-state index in [-0.39, 0.29) is 5.60 Å². The molecule has 6 heteroatoms. The highest BCUT2D eigenvalue weighted by molar-refractivity contribution is 5.41. The number of benzene rings is 1. The zero-order chi connectivity index (χ0) is 17.0. The van der Waals surface area contributed by atoms with Crippen molar-refractivity contribution < 1.29 is 22.7 Å². The van der Waals surface area contributed by atoms with Crippen LogP contribution in [0.25, 0.3) is 0 Å². The lowest BCUT2D eigenvalue weighted by atomic mass is 9.98. The molecule has 0 radical (unpaired) electrons. The maximum Gasteiger partial charge on any atom is 0.416 e. The first-order chi connectivity index (χ1) is 10.1. The van der Waals surface area contributed by atoms with Crippen molar-refractivity contribution in [2.75, 3.05) is 0 Å². The molecule has 1 aromatic rings. The highest BCUT2D eigenvalue weighted by Gasteiger charge is 2.34. The van der Waals surface area contributed by atoms with E-state index in [9.17, 15) is 18.0 Å². The van der Waals surface area contributed by atoms with E-state index in [1.165, 1.54) is 6.07 Å². The fourth-order valence-electron chi connectivity index (χ4n) is 2.10. The van der Waals surface area contributed by atoms with Crippen molar-refractivity contribution in [2.24, 2.45) is 0 Å². The molecule has 0 fully saturated rings. The van der Waals surface area contributed by atoms with Crippen molar-refractivity contribution in [2.45, 2.75) is 59.0 Å². The maximum absolute atomic E-state index is 12.7. The first-order valence-corrected chi connectivity index (χ1v) is 7.12. The predicted octanol–water partition coefficient (Wildman–Crippen LogP) is 3.83. The fourth-order valence-corrected chi connectivity index (χ4v) is 2.10. The number of alkyl halides is 3. The number of carbonyl (C=O) groups is 1. The zero-order valence-corrected chi connectivity index (χ0v) is 13.3. The van der Waals surface area contributed by atoms with E-state index in [1.54, 1.807) is 13.0 Å². The van der Waals surface area contributed by atoms with E-state index >= 15 is 0 Å². The third-order valence-electron chi connectivity index (χ3n) is 3.14. The Labute approximate surface area is 128 Å². The molecule has 1 N–H and O–H groups in total. The largest absolute Gasteiger partial charge is 0.462 e. The average Bonchev–Trinajstić information content (AvgIpc) is 2.82. The van der Waals surface area contributed by atoms with Crippen LogP contribution in [-0.4, -0.2) is 12.1 Å². The van der Waals surface area contributed by atoms with Gasteiger partial charge in [-0.3, -0.25) is 4.79 Å². The number of ether oxygens (including phenoxy) is 1. The Morgan fingerprint density at radius 3 is 2.09 bits per heavy atom. The number of fused-ring (bicyclic) bond motifs is 1. The van der Waals surface area contributed by atoms with E-state index < -0.39 is 11.7 Å². The molecule has 0 unspecified atom stereocenters. The molecule has 0 spiro atoms. The quantitative estimate of drug-likeness (QED) is 0.843. The smallest absolute Gasteiger partial charge is 0.416 e. The Hall–Kier alpha value is -1.56. The Balaban J connectivity index is 0.000000295. The minimum Gasteiger partial charge on any atom is -0.462 e. The van der Waals surface area contributed by atoms with Gasteiger partial charge in [-0.2, -0.15) is 13.2 Å². The summed E-state index contributed by atoms with van der Waals surface area (Å²) in [6, 6.07) is 2.96. The van der Waals surface area contributed by atoms with Crippen LogP contribution >= 0.6 is 0 Å². The topological polar surface area (TPSA) is 38.3 Å². The van der Waals surface area contributed by atoms with Gasteiger partial charge in [0, 0.05) is 13.1 Å². The summed E-state index contributed by atoms with van der Waals surface area (Å²) in [5, 5.41) is 3.05. The van der Waals surface area contributed by atoms with Crippen molar-refractivity contribution >= 4 is 6.47 Å². The molecule has 3 nitrogen and oxygen atoms in total. The van der Waals surface area contributed by atoms with Gasteiger partial charge in [-0.25, -0.2) is 0 Å². The average molecular weight is 317 g/mol. The van der Waals surface area contributed by atoms with E-state index in [1.807, 2.05) is 20.8 Å². The first-order valence-electron chi connectivity index (χ1n) is 7.12. The highest BCUT2D eigenvalue weighted by Crippen LogP contribution is 2.35. The fraction of sp³-hybridized carbons (Fsp3) is 0.562. The van der Waals surface area contributed by atoms with Crippen LogP contribution in [0.5, 0.6) is 0 Å².